The highest BCUT2D eigenvalue weighted by Crippen LogP contribution is 2.17. The molecular formula is C12H23N3O2. The summed E-state index contributed by atoms with van der Waals surface area (Å²) in [6, 6.07) is 0.730. The zero-order chi connectivity index (χ0) is 12.3. The number of ether oxygens (including phenoxy) is 1. The number of amides is 1. The van der Waals surface area contributed by atoms with Crippen molar-refractivity contribution in [1.29, 1.82) is 0 Å². The molecule has 5 heteroatoms. The van der Waals surface area contributed by atoms with Gasteiger partial charge < -0.3 is 15.4 Å². The zero-order valence-corrected chi connectivity index (χ0v) is 10.7. The Morgan fingerprint density at radius 2 is 2.41 bits per heavy atom. The van der Waals surface area contributed by atoms with E-state index in [1.165, 1.54) is 0 Å². The van der Waals surface area contributed by atoms with Crippen molar-refractivity contribution < 1.29 is 9.53 Å². The summed E-state index contributed by atoms with van der Waals surface area (Å²) in [5.74, 6) is 0.0695. The van der Waals surface area contributed by atoms with Gasteiger partial charge in [-0.15, -0.1) is 0 Å². The lowest BCUT2D eigenvalue weighted by Crippen LogP contribution is -2.51. The summed E-state index contributed by atoms with van der Waals surface area (Å²) in [6.07, 6.45) is 1.32. The second-order valence-corrected chi connectivity index (χ2v) is 5.04. The SMILES string of the molecule is CC(=O)NC1CCN(C(C)C2CNCCO2)C1. The van der Waals surface area contributed by atoms with Crippen molar-refractivity contribution in [2.45, 2.75) is 38.5 Å². The zero-order valence-electron chi connectivity index (χ0n) is 10.7. The molecule has 0 bridgehead atoms. The number of rotatable bonds is 3. The molecule has 2 fully saturated rings. The van der Waals surface area contributed by atoms with Crippen LogP contribution in [0.15, 0.2) is 0 Å². The van der Waals surface area contributed by atoms with Crippen LogP contribution in [0, 0.1) is 0 Å². The molecule has 2 rings (SSSR count). The van der Waals surface area contributed by atoms with Crippen molar-refractivity contribution in [2.24, 2.45) is 0 Å². The summed E-state index contributed by atoms with van der Waals surface area (Å²) < 4.78 is 5.78. The topological polar surface area (TPSA) is 53.6 Å². The van der Waals surface area contributed by atoms with E-state index in [1.54, 1.807) is 6.92 Å². The Hall–Kier alpha value is -0.650. The van der Waals surface area contributed by atoms with Crippen LogP contribution in [0.4, 0.5) is 0 Å². The number of hydrogen-bond acceptors (Lipinski definition) is 4. The molecule has 2 aliphatic rings. The Morgan fingerprint density at radius 1 is 1.59 bits per heavy atom. The molecule has 17 heavy (non-hydrogen) atoms. The van der Waals surface area contributed by atoms with Gasteiger partial charge in [-0.3, -0.25) is 9.69 Å². The number of carbonyl (C=O) groups is 1. The third-order valence-corrected chi connectivity index (χ3v) is 3.70. The molecule has 0 radical (unpaired) electrons. The van der Waals surface area contributed by atoms with Crippen LogP contribution in [0.3, 0.4) is 0 Å². The molecular weight excluding hydrogens is 218 g/mol. The second kappa shape index (κ2) is 5.80. The van der Waals surface area contributed by atoms with Crippen LogP contribution >= 0.6 is 0 Å². The van der Waals surface area contributed by atoms with Crippen LogP contribution in [0.25, 0.3) is 0 Å². The van der Waals surface area contributed by atoms with Gasteiger partial charge >= 0.3 is 0 Å². The fraction of sp³-hybridized carbons (Fsp3) is 0.917. The summed E-state index contributed by atoms with van der Waals surface area (Å²) in [4.78, 5) is 13.4. The van der Waals surface area contributed by atoms with Gasteiger partial charge in [0, 0.05) is 45.2 Å². The smallest absolute Gasteiger partial charge is 0.217 e. The summed E-state index contributed by atoms with van der Waals surface area (Å²) in [7, 11) is 0. The van der Waals surface area contributed by atoms with Gasteiger partial charge in [-0.25, -0.2) is 0 Å². The van der Waals surface area contributed by atoms with Gasteiger partial charge in [0.1, 0.15) is 0 Å². The van der Waals surface area contributed by atoms with Crippen LogP contribution in [-0.4, -0.2) is 61.8 Å². The van der Waals surface area contributed by atoms with E-state index in [2.05, 4.69) is 22.5 Å². The van der Waals surface area contributed by atoms with Crippen molar-refractivity contribution in [2.75, 3.05) is 32.8 Å². The Bertz CT molecular complexity index is 266. The minimum Gasteiger partial charge on any atom is -0.374 e. The number of likely N-dealkylation sites (tertiary alicyclic amines) is 1. The maximum atomic E-state index is 11.0. The highest BCUT2D eigenvalue weighted by molar-refractivity contribution is 5.73. The van der Waals surface area contributed by atoms with E-state index in [-0.39, 0.29) is 12.0 Å². The summed E-state index contributed by atoms with van der Waals surface area (Å²) in [5, 5.41) is 6.35. The standard InChI is InChI=1S/C12H23N3O2/c1-9(12-7-13-4-6-17-12)15-5-3-11(8-15)14-10(2)16/h9,11-13H,3-8H2,1-2H3,(H,14,16). The van der Waals surface area contributed by atoms with E-state index in [0.717, 1.165) is 39.2 Å². The van der Waals surface area contributed by atoms with Crippen molar-refractivity contribution in [3.63, 3.8) is 0 Å². The fourth-order valence-corrected chi connectivity index (χ4v) is 2.69. The van der Waals surface area contributed by atoms with Crippen LogP contribution in [0.2, 0.25) is 0 Å². The molecule has 5 nitrogen and oxygen atoms in total. The molecule has 0 aliphatic carbocycles. The fourth-order valence-electron chi connectivity index (χ4n) is 2.69. The number of nitrogens with zero attached hydrogens (tertiary/aromatic N) is 1. The minimum atomic E-state index is 0.0695. The quantitative estimate of drug-likeness (QED) is 0.704. The third kappa shape index (κ3) is 3.40. The number of nitrogens with one attached hydrogen (secondary N) is 2. The average molecular weight is 241 g/mol. The molecule has 0 aromatic carbocycles. The van der Waals surface area contributed by atoms with Gasteiger partial charge in [-0.1, -0.05) is 0 Å². The summed E-state index contributed by atoms with van der Waals surface area (Å²) >= 11 is 0. The van der Waals surface area contributed by atoms with Crippen LogP contribution in [0.5, 0.6) is 0 Å². The molecule has 2 saturated heterocycles. The largest absolute Gasteiger partial charge is 0.374 e. The van der Waals surface area contributed by atoms with Gasteiger partial charge in [-0.2, -0.15) is 0 Å². The molecule has 2 heterocycles. The van der Waals surface area contributed by atoms with Gasteiger partial charge in [-0.05, 0) is 13.3 Å². The predicted molar refractivity (Wildman–Crippen MR) is 65.9 cm³/mol. The summed E-state index contributed by atoms with van der Waals surface area (Å²) in [5.41, 5.74) is 0. The van der Waals surface area contributed by atoms with E-state index in [1.807, 2.05) is 0 Å². The molecule has 2 N–H and O–H groups in total. The first-order valence-corrected chi connectivity index (χ1v) is 6.50. The molecule has 3 atom stereocenters. The first-order valence-electron chi connectivity index (χ1n) is 6.50. The monoisotopic (exact) mass is 241 g/mol. The lowest BCUT2D eigenvalue weighted by Gasteiger charge is -2.34. The Kier molecular flexibility index (Phi) is 4.36. The highest BCUT2D eigenvalue weighted by atomic mass is 16.5. The lowest BCUT2D eigenvalue weighted by atomic mass is 10.1. The van der Waals surface area contributed by atoms with E-state index in [0.29, 0.717) is 12.1 Å². The maximum absolute atomic E-state index is 11.0. The maximum Gasteiger partial charge on any atom is 0.217 e. The van der Waals surface area contributed by atoms with Crippen LogP contribution in [-0.2, 0) is 9.53 Å². The number of morpholine rings is 1. The van der Waals surface area contributed by atoms with Gasteiger partial charge in [0.2, 0.25) is 5.91 Å². The van der Waals surface area contributed by atoms with Crippen molar-refractivity contribution >= 4 is 5.91 Å². The Balaban J connectivity index is 1.80. The Labute approximate surface area is 103 Å². The van der Waals surface area contributed by atoms with Gasteiger partial charge in [0.15, 0.2) is 0 Å². The predicted octanol–water partition coefficient (Wildman–Crippen LogP) is -0.426. The van der Waals surface area contributed by atoms with Gasteiger partial charge in [0.05, 0.1) is 12.7 Å². The van der Waals surface area contributed by atoms with Crippen LogP contribution in [0.1, 0.15) is 20.3 Å². The number of carbonyl (C=O) groups excluding carboxylic acids is 1. The van der Waals surface area contributed by atoms with E-state index < -0.39 is 0 Å². The molecule has 3 unspecified atom stereocenters. The molecule has 0 spiro atoms. The first kappa shape index (κ1) is 12.8. The molecule has 98 valence electrons. The molecule has 0 saturated carbocycles. The number of hydrogen-bond donors (Lipinski definition) is 2. The normalized spacial score (nSPS) is 32.4. The minimum absolute atomic E-state index is 0.0695. The molecule has 0 aromatic rings. The van der Waals surface area contributed by atoms with Crippen molar-refractivity contribution in [1.82, 2.24) is 15.5 Å². The van der Waals surface area contributed by atoms with Crippen molar-refractivity contribution in [3.05, 3.63) is 0 Å². The molecule has 0 aromatic heterocycles. The van der Waals surface area contributed by atoms with E-state index >= 15 is 0 Å². The van der Waals surface area contributed by atoms with Crippen LogP contribution < -0.4 is 10.6 Å². The highest BCUT2D eigenvalue weighted by Gasteiger charge is 2.31. The average Bonchev–Trinajstić information content (AvgIpc) is 2.77. The summed E-state index contributed by atoms with van der Waals surface area (Å²) in [6.45, 7) is 8.48. The lowest BCUT2D eigenvalue weighted by molar-refractivity contribution is -0.119. The first-order chi connectivity index (χ1) is 8.16. The van der Waals surface area contributed by atoms with E-state index in [9.17, 15) is 4.79 Å². The molecule has 1 amide bonds. The second-order valence-electron chi connectivity index (χ2n) is 5.04. The molecule has 2 aliphatic heterocycles. The van der Waals surface area contributed by atoms with Gasteiger partial charge in [0.25, 0.3) is 0 Å². The Morgan fingerprint density at radius 3 is 3.06 bits per heavy atom. The van der Waals surface area contributed by atoms with E-state index in [4.69, 9.17) is 4.74 Å². The van der Waals surface area contributed by atoms with Crippen molar-refractivity contribution in [3.8, 4) is 0 Å². The third-order valence-electron chi connectivity index (χ3n) is 3.70.